The fourth-order valence-electron chi connectivity index (χ4n) is 2.16. The van der Waals surface area contributed by atoms with E-state index in [1.807, 2.05) is 0 Å². The largest absolute Gasteiger partial charge is 0.378 e. The van der Waals surface area contributed by atoms with Crippen LogP contribution in [-0.4, -0.2) is 66.7 Å². The number of nitro benzene ring substituents is 1. The highest BCUT2D eigenvalue weighted by Gasteiger charge is 2.26. The van der Waals surface area contributed by atoms with Crippen molar-refractivity contribution in [2.45, 2.75) is 9.79 Å². The Morgan fingerprint density at radius 3 is 2.54 bits per heavy atom. The van der Waals surface area contributed by atoms with Gasteiger partial charge in [-0.15, -0.1) is 0 Å². The molecule has 1 atom stereocenters. The van der Waals surface area contributed by atoms with Crippen molar-refractivity contribution in [2.75, 3.05) is 38.3 Å². The molecule has 9 nitrogen and oxygen atoms in total. The van der Waals surface area contributed by atoms with Gasteiger partial charge in [0.1, 0.15) is 10.6 Å². The first kappa shape index (κ1) is 18.5. The summed E-state index contributed by atoms with van der Waals surface area (Å²) in [7, 11) is -5.58. The van der Waals surface area contributed by atoms with Crippen molar-refractivity contribution in [2.24, 2.45) is 0 Å². The van der Waals surface area contributed by atoms with E-state index in [1.165, 1.54) is 4.90 Å². The molecule has 1 aromatic rings. The second-order valence-electron chi connectivity index (χ2n) is 5.14. The number of ether oxygens (including phenoxy) is 1. The standard InChI is InChI=1S/C13H16N2O7S2/c1-24(20,21)10-2-3-12(11(8-10)15(17)18)23(19)9-13(16)14-4-6-22-7-5-14/h2-3,8H,4-7,9H2,1H3. The molecule has 1 aromatic carbocycles. The lowest BCUT2D eigenvalue weighted by atomic mass is 10.3. The van der Waals surface area contributed by atoms with E-state index >= 15 is 0 Å². The predicted octanol–water partition coefficient (Wildman–Crippen LogP) is -0.0353. The molecule has 0 radical (unpaired) electrons. The lowest BCUT2D eigenvalue weighted by Gasteiger charge is -2.26. The van der Waals surface area contributed by atoms with Gasteiger partial charge in [0.15, 0.2) is 9.84 Å². The molecule has 0 bridgehead atoms. The summed E-state index contributed by atoms with van der Waals surface area (Å²) in [5, 5.41) is 11.2. The van der Waals surface area contributed by atoms with Gasteiger partial charge in [-0.2, -0.15) is 0 Å². The molecular formula is C13H16N2O7S2. The summed E-state index contributed by atoms with van der Waals surface area (Å²) in [6, 6.07) is 3.13. The van der Waals surface area contributed by atoms with Crippen LogP contribution in [0.2, 0.25) is 0 Å². The summed E-state index contributed by atoms with van der Waals surface area (Å²) in [4.78, 5) is 23.5. The van der Waals surface area contributed by atoms with E-state index in [2.05, 4.69) is 0 Å². The van der Waals surface area contributed by atoms with Crippen molar-refractivity contribution in [3.8, 4) is 0 Å². The van der Waals surface area contributed by atoms with Gasteiger partial charge in [0, 0.05) is 25.4 Å². The number of sulfone groups is 1. The highest BCUT2D eigenvalue weighted by atomic mass is 32.2. The lowest BCUT2D eigenvalue weighted by Crippen LogP contribution is -2.42. The highest BCUT2D eigenvalue weighted by Crippen LogP contribution is 2.26. The Morgan fingerprint density at radius 1 is 1.38 bits per heavy atom. The molecule has 11 heteroatoms. The van der Waals surface area contributed by atoms with Crippen LogP contribution in [0.15, 0.2) is 28.0 Å². The third-order valence-electron chi connectivity index (χ3n) is 3.42. The summed E-state index contributed by atoms with van der Waals surface area (Å²) in [5.41, 5.74) is -0.578. The maximum atomic E-state index is 12.4. The third-order valence-corrected chi connectivity index (χ3v) is 5.87. The molecule has 2 rings (SSSR count). The highest BCUT2D eigenvalue weighted by molar-refractivity contribution is 7.90. The average molecular weight is 376 g/mol. The Morgan fingerprint density at radius 2 is 2.00 bits per heavy atom. The molecule has 1 aliphatic heterocycles. The molecule has 0 aromatic heterocycles. The van der Waals surface area contributed by atoms with E-state index in [9.17, 15) is 27.5 Å². The molecule has 0 saturated carbocycles. The maximum Gasteiger partial charge on any atom is 0.286 e. The molecule has 1 fully saturated rings. The maximum absolute atomic E-state index is 12.4. The van der Waals surface area contributed by atoms with E-state index in [4.69, 9.17) is 4.74 Å². The van der Waals surface area contributed by atoms with Crippen LogP contribution in [0.4, 0.5) is 5.69 Å². The quantitative estimate of drug-likeness (QED) is 0.522. The third kappa shape index (κ3) is 4.36. The van der Waals surface area contributed by atoms with Gasteiger partial charge in [0.25, 0.3) is 5.69 Å². The van der Waals surface area contributed by atoms with Gasteiger partial charge in [0.2, 0.25) is 5.91 Å². The van der Waals surface area contributed by atoms with Crippen molar-refractivity contribution in [3.05, 3.63) is 28.3 Å². The number of carbonyl (C=O) groups excluding carboxylic acids is 1. The van der Waals surface area contributed by atoms with Crippen LogP contribution in [0.5, 0.6) is 0 Å². The first-order chi connectivity index (χ1) is 11.2. The summed E-state index contributed by atoms with van der Waals surface area (Å²) in [6.07, 6.45) is 0.921. The van der Waals surface area contributed by atoms with E-state index < -0.39 is 42.9 Å². The SMILES string of the molecule is CS(=O)(=O)c1ccc(S(=O)CC(=O)N2CCOCC2)c([N+](=O)[O-])c1. The van der Waals surface area contributed by atoms with Crippen LogP contribution in [0.3, 0.4) is 0 Å². The number of morpholine rings is 1. The number of carbonyl (C=O) groups is 1. The summed E-state index contributed by atoms with van der Waals surface area (Å²) in [6.45, 7) is 1.54. The average Bonchev–Trinajstić information content (AvgIpc) is 2.54. The van der Waals surface area contributed by atoms with Gasteiger partial charge in [-0.1, -0.05) is 0 Å². The van der Waals surface area contributed by atoms with Gasteiger partial charge >= 0.3 is 0 Å². The monoisotopic (exact) mass is 376 g/mol. The Bertz CT molecular complexity index is 786. The molecule has 24 heavy (non-hydrogen) atoms. The van der Waals surface area contributed by atoms with Gasteiger partial charge in [0.05, 0.1) is 33.8 Å². The molecule has 0 aliphatic carbocycles. The van der Waals surface area contributed by atoms with Crippen LogP contribution >= 0.6 is 0 Å². The molecule has 1 aliphatic rings. The zero-order valence-corrected chi connectivity index (χ0v) is 14.5. The van der Waals surface area contributed by atoms with Crippen LogP contribution in [0, 0.1) is 10.1 Å². The van der Waals surface area contributed by atoms with E-state index in [-0.39, 0.29) is 9.79 Å². The lowest BCUT2D eigenvalue weighted by molar-refractivity contribution is -0.388. The van der Waals surface area contributed by atoms with Crippen molar-refractivity contribution in [1.29, 1.82) is 0 Å². The minimum absolute atomic E-state index is 0.172. The zero-order chi connectivity index (χ0) is 17.9. The Balaban J connectivity index is 2.25. The smallest absolute Gasteiger partial charge is 0.286 e. The normalized spacial score (nSPS) is 16.6. The number of nitro groups is 1. The van der Waals surface area contributed by atoms with E-state index in [0.29, 0.717) is 26.3 Å². The predicted molar refractivity (Wildman–Crippen MR) is 84.9 cm³/mol. The summed E-state index contributed by atoms with van der Waals surface area (Å²) < 4.78 is 40.5. The number of amides is 1. The minimum Gasteiger partial charge on any atom is -0.378 e. The first-order valence-corrected chi connectivity index (χ1v) is 10.1. The Labute approximate surface area is 141 Å². The van der Waals surface area contributed by atoms with Crippen LogP contribution in [0.25, 0.3) is 0 Å². The molecule has 1 amide bonds. The molecule has 132 valence electrons. The molecule has 0 N–H and O–H groups in total. The second-order valence-corrected chi connectivity index (χ2v) is 8.58. The Hall–Kier alpha value is -1.85. The van der Waals surface area contributed by atoms with Crippen molar-refractivity contribution >= 4 is 32.2 Å². The first-order valence-electron chi connectivity index (χ1n) is 6.92. The fraction of sp³-hybridized carbons (Fsp3) is 0.462. The van der Waals surface area contributed by atoms with Gasteiger partial charge in [-0.25, -0.2) is 8.42 Å². The number of nitrogens with zero attached hydrogens (tertiary/aromatic N) is 2. The second kappa shape index (κ2) is 7.36. The van der Waals surface area contributed by atoms with Crippen LogP contribution in [-0.2, 0) is 30.2 Å². The van der Waals surface area contributed by atoms with E-state index in [0.717, 1.165) is 24.5 Å². The van der Waals surface area contributed by atoms with Gasteiger partial charge in [-0.05, 0) is 12.1 Å². The molecular weight excluding hydrogens is 360 g/mol. The molecule has 0 spiro atoms. The van der Waals surface area contributed by atoms with Crippen molar-refractivity contribution in [3.63, 3.8) is 0 Å². The summed E-state index contributed by atoms with van der Waals surface area (Å²) in [5.74, 6) is -0.794. The van der Waals surface area contributed by atoms with Crippen molar-refractivity contribution in [1.82, 2.24) is 4.90 Å². The number of rotatable bonds is 5. The zero-order valence-electron chi connectivity index (χ0n) is 12.8. The van der Waals surface area contributed by atoms with Gasteiger partial charge < -0.3 is 9.64 Å². The van der Waals surface area contributed by atoms with E-state index in [1.54, 1.807) is 0 Å². The van der Waals surface area contributed by atoms with Crippen molar-refractivity contribution < 1.29 is 27.1 Å². The minimum atomic E-state index is -3.63. The number of benzene rings is 1. The fourth-order valence-corrected chi connectivity index (χ4v) is 3.95. The summed E-state index contributed by atoms with van der Waals surface area (Å²) >= 11 is 0. The van der Waals surface area contributed by atoms with Crippen LogP contribution in [0.1, 0.15) is 0 Å². The molecule has 1 unspecified atom stereocenters. The number of hydrogen-bond acceptors (Lipinski definition) is 7. The Kier molecular flexibility index (Phi) is 5.67. The number of hydrogen-bond donors (Lipinski definition) is 0. The molecule has 1 heterocycles. The van der Waals surface area contributed by atoms with Crippen LogP contribution < -0.4 is 0 Å². The molecule has 1 saturated heterocycles. The topological polar surface area (TPSA) is 124 Å². The van der Waals surface area contributed by atoms with Gasteiger partial charge in [-0.3, -0.25) is 19.1 Å².